The first-order valence-corrected chi connectivity index (χ1v) is 7.27. The lowest BCUT2D eigenvalue weighted by Crippen LogP contribution is -2.18. The zero-order valence-electron chi connectivity index (χ0n) is 11.0. The van der Waals surface area contributed by atoms with E-state index in [0.29, 0.717) is 17.1 Å². The van der Waals surface area contributed by atoms with E-state index in [2.05, 4.69) is 20.0 Å². The molecule has 1 amide bonds. The summed E-state index contributed by atoms with van der Waals surface area (Å²) in [6.07, 6.45) is 1.24. The molecule has 1 aromatic carbocycles. The number of rotatable bonds is 4. The Morgan fingerprint density at radius 1 is 1.35 bits per heavy atom. The van der Waals surface area contributed by atoms with Gasteiger partial charge in [0.1, 0.15) is 5.82 Å². The van der Waals surface area contributed by atoms with Gasteiger partial charge in [0.05, 0.1) is 6.20 Å². The zero-order valence-corrected chi connectivity index (χ0v) is 11.8. The first-order valence-electron chi connectivity index (χ1n) is 5.79. The maximum Gasteiger partial charge on any atom is 0.278 e. The van der Waals surface area contributed by atoms with Gasteiger partial charge >= 0.3 is 0 Å². The molecule has 0 unspecified atom stereocenters. The molecule has 0 radical (unpaired) electrons. The lowest BCUT2D eigenvalue weighted by Gasteiger charge is -2.07. The van der Waals surface area contributed by atoms with Crippen LogP contribution in [-0.4, -0.2) is 31.3 Å². The molecule has 8 heteroatoms. The van der Waals surface area contributed by atoms with E-state index in [1.807, 2.05) is 0 Å². The Hall–Kier alpha value is -2.35. The van der Waals surface area contributed by atoms with Crippen LogP contribution >= 0.6 is 0 Å². The highest BCUT2D eigenvalue weighted by molar-refractivity contribution is 7.92. The number of nitrogens with zero attached hydrogens (tertiary/aromatic N) is 1. The number of carbonyl (C=O) groups excluding carboxylic acids is 1. The molecular weight excluding hydrogens is 280 g/mol. The summed E-state index contributed by atoms with van der Waals surface area (Å²) in [7, 11) is -2.23. The number of benzene rings is 1. The number of nitrogens with one attached hydrogen (secondary N) is 3. The number of aromatic nitrogens is 2. The van der Waals surface area contributed by atoms with Crippen LogP contribution in [0.5, 0.6) is 0 Å². The van der Waals surface area contributed by atoms with Gasteiger partial charge in [-0.3, -0.25) is 9.52 Å². The first-order chi connectivity index (χ1) is 9.42. The molecule has 2 aromatic rings. The van der Waals surface area contributed by atoms with Crippen LogP contribution in [0.25, 0.3) is 0 Å². The molecule has 3 N–H and O–H groups in total. The van der Waals surface area contributed by atoms with Crippen LogP contribution in [0.15, 0.2) is 35.5 Å². The highest BCUT2D eigenvalue weighted by atomic mass is 32.2. The van der Waals surface area contributed by atoms with Gasteiger partial charge < -0.3 is 10.3 Å². The van der Waals surface area contributed by atoms with E-state index in [1.165, 1.54) is 19.3 Å². The van der Waals surface area contributed by atoms with Crippen molar-refractivity contribution in [2.45, 2.75) is 11.9 Å². The van der Waals surface area contributed by atoms with E-state index in [9.17, 15) is 13.2 Å². The standard InChI is InChI=1S/C12H14N4O3S/c1-8-14-7-11(15-8)20(18,19)16-10-5-3-4-9(6-10)12(17)13-2/h3-7,16H,1-2H3,(H,13,17)(H,14,15). The number of sulfonamides is 1. The maximum atomic E-state index is 12.1. The van der Waals surface area contributed by atoms with E-state index in [-0.39, 0.29) is 10.9 Å². The molecule has 0 aliphatic carbocycles. The Bertz CT molecular complexity index is 737. The molecule has 0 saturated carbocycles. The minimum atomic E-state index is -3.74. The Kier molecular flexibility index (Phi) is 3.75. The zero-order chi connectivity index (χ0) is 14.8. The number of anilines is 1. The normalized spacial score (nSPS) is 11.1. The van der Waals surface area contributed by atoms with Crippen molar-refractivity contribution in [3.05, 3.63) is 41.9 Å². The quantitative estimate of drug-likeness (QED) is 0.778. The van der Waals surface area contributed by atoms with E-state index < -0.39 is 10.0 Å². The van der Waals surface area contributed by atoms with Gasteiger partial charge in [-0.2, -0.15) is 8.42 Å². The first kappa shape index (κ1) is 14.1. The van der Waals surface area contributed by atoms with Gasteiger partial charge in [0.25, 0.3) is 15.9 Å². The molecule has 0 aliphatic heterocycles. The topological polar surface area (TPSA) is 104 Å². The van der Waals surface area contributed by atoms with E-state index >= 15 is 0 Å². The molecule has 1 heterocycles. The van der Waals surface area contributed by atoms with Crippen LogP contribution in [-0.2, 0) is 10.0 Å². The van der Waals surface area contributed by atoms with Gasteiger partial charge in [-0.1, -0.05) is 6.07 Å². The minimum absolute atomic E-state index is 0.0275. The van der Waals surface area contributed by atoms with Crippen molar-refractivity contribution in [3.8, 4) is 0 Å². The molecule has 0 fully saturated rings. The number of amides is 1. The smallest absolute Gasteiger partial charge is 0.278 e. The van der Waals surface area contributed by atoms with E-state index in [4.69, 9.17) is 0 Å². The average Bonchev–Trinajstić information content (AvgIpc) is 2.85. The molecule has 106 valence electrons. The molecule has 0 spiro atoms. The number of H-pyrrole nitrogens is 1. The summed E-state index contributed by atoms with van der Waals surface area (Å²) in [4.78, 5) is 18.0. The Morgan fingerprint density at radius 2 is 2.10 bits per heavy atom. The fourth-order valence-electron chi connectivity index (χ4n) is 1.61. The fourth-order valence-corrected chi connectivity index (χ4v) is 2.63. The third kappa shape index (κ3) is 2.97. The van der Waals surface area contributed by atoms with Crippen LogP contribution in [0.1, 0.15) is 16.2 Å². The molecule has 20 heavy (non-hydrogen) atoms. The second kappa shape index (κ2) is 5.33. The van der Waals surface area contributed by atoms with Crippen LogP contribution < -0.4 is 10.0 Å². The number of hydrogen-bond acceptors (Lipinski definition) is 4. The largest absolute Gasteiger partial charge is 0.355 e. The van der Waals surface area contributed by atoms with Gasteiger partial charge in [0.2, 0.25) is 0 Å². The van der Waals surface area contributed by atoms with Crippen LogP contribution in [0.4, 0.5) is 5.69 Å². The summed E-state index contributed by atoms with van der Waals surface area (Å²) in [6, 6.07) is 6.21. The molecule has 0 bridgehead atoms. The third-order valence-electron chi connectivity index (χ3n) is 2.57. The van der Waals surface area contributed by atoms with Gasteiger partial charge in [-0.05, 0) is 25.1 Å². The summed E-state index contributed by atoms with van der Waals surface area (Å²) in [5.74, 6) is 0.216. The van der Waals surface area contributed by atoms with Gasteiger partial charge in [0, 0.05) is 18.3 Å². The second-order valence-electron chi connectivity index (χ2n) is 4.10. The monoisotopic (exact) mass is 294 g/mol. The van der Waals surface area contributed by atoms with E-state index in [1.54, 1.807) is 25.1 Å². The van der Waals surface area contributed by atoms with Crippen molar-refractivity contribution in [2.24, 2.45) is 0 Å². The lowest BCUT2D eigenvalue weighted by molar-refractivity contribution is 0.0963. The van der Waals surface area contributed by atoms with Crippen LogP contribution in [0.2, 0.25) is 0 Å². The molecule has 7 nitrogen and oxygen atoms in total. The van der Waals surface area contributed by atoms with Crippen molar-refractivity contribution in [2.75, 3.05) is 11.8 Å². The number of carbonyl (C=O) groups is 1. The van der Waals surface area contributed by atoms with Crippen molar-refractivity contribution in [1.82, 2.24) is 15.3 Å². The highest BCUT2D eigenvalue weighted by Crippen LogP contribution is 2.16. The summed E-state index contributed by atoms with van der Waals surface area (Å²) in [5.41, 5.74) is 0.673. The molecular formula is C12H14N4O3S. The third-order valence-corrected chi connectivity index (χ3v) is 3.86. The predicted octanol–water partition coefficient (Wildman–Crippen LogP) is 0.879. The Balaban J connectivity index is 2.28. The minimum Gasteiger partial charge on any atom is -0.355 e. The molecule has 0 aliphatic rings. The van der Waals surface area contributed by atoms with Crippen molar-refractivity contribution in [1.29, 1.82) is 0 Å². The molecule has 0 saturated heterocycles. The Labute approximate surface area is 116 Å². The molecule has 2 rings (SSSR count). The summed E-state index contributed by atoms with van der Waals surface area (Å²) in [5, 5.41) is 2.45. The van der Waals surface area contributed by atoms with Crippen molar-refractivity contribution >= 4 is 21.6 Å². The second-order valence-corrected chi connectivity index (χ2v) is 5.75. The van der Waals surface area contributed by atoms with Gasteiger partial charge in [0.15, 0.2) is 5.03 Å². The number of hydrogen-bond donors (Lipinski definition) is 3. The molecule has 1 aromatic heterocycles. The summed E-state index contributed by atoms with van der Waals surface area (Å²) < 4.78 is 26.6. The Morgan fingerprint density at radius 3 is 2.70 bits per heavy atom. The number of aryl methyl sites for hydroxylation is 1. The van der Waals surface area contributed by atoms with Gasteiger partial charge in [-0.25, -0.2) is 4.98 Å². The highest BCUT2D eigenvalue weighted by Gasteiger charge is 2.17. The van der Waals surface area contributed by atoms with Gasteiger partial charge in [-0.15, -0.1) is 0 Å². The van der Waals surface area contributed by atoms with Crippen LogP contribution in [0.3, 0.4) is 0 Å². The number of aromatic amines is 1. The average molecular weight is 294 g/mol. The summed E-state index contributed by atoms with van der Waals surface area (Å²) >= 11 is 0. The number of imidazole rings is 1. The predicted molar refractivity (Wildman–Crippen MR) is 74.0 cm³/mol. The molecule has 0 atom stereocenters. The van der Waals surface area contributed by atoms with Crippen molar-refractivity contribution in [3.63, 3.8) is 0 Å². The SMILES string of the molecule is CNC(=O)c1cccc(NS(=O)(=O)c2cnc(C)[nH]2)c1. The van der Waals surface area contributed by atoms with Crippen LogP contribution in [0, 0.1) is 6.92 Å². The maximum absolute atomic E-state index is 12.1. The van der Waals surface area contributed by atoms with Crippen molar-refractivity contribution < 1.29 is 13.2 Å². The fraction of sp³-hybridized carbons (Fsp3) is 0.167. The van der Waals surface area contributed by atoms with E-state index in [0.717, 1.165) is 0 Å². The lowest BCUT2D eigenvalue weighted by atomic mass is 10.2. The summed E-state index contributed by atoms with van der Waals surface area (Å²) in [6.45, 7) is 1.66.